The number of nitrogens with two attached hydrogens (primary N) is 1. The van der Waals surface area contributed by atoms with Gasteiger partial charge >= 0.3 is 0 Å². The van der Waals surface area contributed by atoms with Crippen LogP contribution < -0.4 is 10.6 Å². The van der Waals surface area contributed by atoms with E-state index in [0.29, 0.717) is 17.3 Å². The first-order valence-corrected chi connectivity index (χ1v) is 6.04. The van der Waals surface area contributed by atoms with E-state index in [1.807, 2.05) is 12.1 Å². The van der Waals surface area contributed by atoms with Crippen LogP contribution in [-0.2, 0) is 4.74 Å². The van der Waals surface area contributed by atoms with E-state index in [9.17, 15) is 0 Å². The lowest BCUT2D eigenvalue weighted by Gasteiger charge is -2.39. The minimum Gasteiger partial charge on any atom is -0.388 e. The molecule has 0 aliphatic carbocycles. The van der Waals surface area contributed by atoms with Crippen LogP contribution in [0.25, 0.3) is 0 Å². The van der Waals surface area contributed by atoms with Gasteiger partial charge in [0.15, 0.2) is 0 Å². The van der Waals surface area contributed by atoms with Crippen molar-refractivity contribution >= 4 is 22.9 Å². The van der Waals surface area contributed by atoms with Gasteiger partial charge in [0.25, 0.3) is 0 Å². The van der Waals surface area contributed by atoms with Gasteiger partial charge in [-0.25, -0.2) is 0 Å². The van der Waals surface area contributed by atoms with Gasteiger partial charge in [-0.1, -0.05) is 12.2 Å². The van der Waals surface area contributed by atoms with Crippen LogP contribution >= 0.6 is 12.2 Å². The van der Waals surface area contributed by atoms with Gasteiger partial charge in [-0.2, -0.15) is 0 Å². The second-order valence-electron chi connectivity index (χ2n) is 4.77. The largest absolute Gasteiger partial charge is 0.388 e. The summed E-state index contributed by atoms with van der Waals surface area (Å²) in [4.78, 5) is 6.82. The number of pyridine rings is 1. The summed E-state index contributed by atoms with van der Waals surface area (Å²) in [6.07, 6.45) is 1.71. The summed E-state index contributed by atoms with van der Waals surface area (Å²) in [6.45, 7) is 6.52. The van der Waals surface area contributed by atoms with Crippen LogP contribution in [0.3, 0.4) is 0 Å². The number of anilines is 1. The van der Waals surface area contributed by atoms with Gasteiger partial charge in [-0.3, -0.25) is 4.98 Å². The predicted molar refractivity (Wildman–Crippen MR) is 72.4 cm³/mol. The summed E-state index contributed by atoms with van der Waals surface area (Å²) in [7, 11) is 0. The summed E-state index contributed by atoms with van der Waals surface area (Å²) in [6, 6.07) is 3.91. The van der Waals surface area contributed by atoms with E-state index in [1.165, 1.54) is 0 Å². The molecular formula is C12H17N3OS. The van der Waals surface area contributed by atoms with Crippen LogP contribution in [0, 0.1) is 0 Å². The van der Waals surface area contributed by atoms with E-state index >= 15 is 0 Å². The van der Waals surface area contributed by atoms with E-state index in [0.717, 1.165) is 18.8 Å². The monoisotopic (exact) mass is 251 g/mol. The molecule has 0 saturated carbocycles. The normalized spacial score (nSPS) is 19.1. The van der Waals surface area contributed by atoms with Crippen molar-refractivity contribution in [2.45, 2.75) is 19.4 Å². The molecule has 1 fully saturated rings. The predicted octanol–water partition coefficient (Wildman–Crippen LogP) is 1.33. The highest BCUT2D eigenvalue weighted by Crippen LogP contribution is 2.24. The fraction of sp³-hybridized carbons (Fsp3) is 0.500. The summed E-state index contributed by atoms with van der Waals surface area (Å²) >= 11 is 5.03. The maximum atomic E-state index is 5.70. The summed E-state index contributed by atoms with van der Waals surface area (Å²) in [5.41, 5.74) is 7.24. The average Bonchev–Trinajstić information content (AvgIpc) is 2.27. The SMILES string of the molecule is CC1(C)CN(c2cccnc2C(N)=S)CCO1. The molecule has 0 bridgehead atoms. The molecule has 1 aliphatic heterocycles. The van der Waals surface area contributed by atoms with Crippen molar-refractivity contribution in [3.05, 3.63) is 24.0 Å². The number of rotatable bonds is 2. The van der Waals surface area contributed by atoms with Gasteiger partial charge in [-0.05, 0) is 26.0 Å². The number of morpholine rings is 1. The van der Waals surface area contributed by atoms with Crippen molar-refractivity contribution < 1.29 is 4.74 Å². The van der Waals surface area contributed by atoms with Crippen molar-refractivity contribution in [1.29, 1.82) is 0 Å². The molecule has 17 heavy (non-hydrogen) atoms. The number of nitrogens with zero attached hydrogens (tertiary/aromatic N) is 2. The smallest absolute Gasteiger partial charge is 0.124 e. The molecule has 92 valence electrons. The Morgan fingerprint density at radius 3 is 3.00 bits per heavy atom. The molecule has 0 unspecified atom stereocenters. The molecule has 2 heterocycles. The first-order chi connectivity index (χ1) is 7.99. The quantitative estimate of drug-likeness (QED) is 0.804. The summed E-state index contributed by atoms with van der Waals surface area (Å²) < 4.78 is 5.69. The topological polar surface area (TPSA) is 51.4 Å². The number of aromatic nitrogens is 1. The molecular weight excluding hydrogens is 234 g/mol. The number of hydrogen-bond donors (Lipinski definition) is 1. The molecule has 0 aromatic carbocycles. The van der Waals surface area contributed by atoms with Gasteiger partial charge in [0, 0.05) is 19.3 Å². The van der Waals surface area contributed by atoms with Crippen LogP contribution in [-0.4, -0.2) is 35.3 Å². The molecule has 5 heteroatoms. The molecule has 0 spiro atoms. The van der Waals surface area contributed by atoms with Crippen LogP contribution in [0.1, 0.15) is 19.5 Å². The minimum atomic E-state index is -0.151. The van der Waals surface area contributed by atoms with Crippen LogP contribution in [0.2, 0.25) is 0 Å². The Bertz CT molecular complexity index is 434. The van der Waals surface area contributed by atoms with Gasteiger partial charge in [0.1, 0.15) is 10.7 Å². The van der Waals surface area contributed by atoms with E-state index in [4.69, 9.17) is 22.7 Å². The molecule has 0 amide bonds. The molecule has 0 atom stereocenters. The fourth-order valence-corrected chi connectivity index (χ4v) is 2.22. The van der Waals surface area contributed by atoms with Gasteiger partial charge < -0.3 is 15.4 Å². The van der Waals surface area contributed by atoms with Crippen molar-refractivity contribution in [2.24, 2.45) is 5.73 Å². The molecule has 0 radical (unpaired) electrons. The highest BCUT2D eigenvalue weighted by Gasteiger charge is 2.28. The van der Waals surface area contributed by atoms with Crippen molar-refractivity contribution in [2.75, 3.05) is 24.6 Å². The molecule has 1 aliphatic rings. The molecule has 1 aromatic heterocycles. The Hall–Kier alpha value is -1.20. The Balaban J connectivity index is 2.30. The highest BCUT2D eigenvalue weighted by molar-refractivity contribution is 7.80. The summed E-state index contributed by atoms with van der Waals surface area (Å²) in [5, 5.41) is 0. The third-order valence-electron chi connectivity index (χ3n) is 2.79. The lowest BCUT2D eigenvalue weighted by molar-refractivity contribution is -0.0277. The second-order valence-corrected chi connectivity index (χ2v) is 5.20. The van der Waals surface area contributed by atoms with Crippen molar-refractivity contribution in [1.82, 2.24) is 4.98 Å². The second kappa shape index (κ2) is 4.58. The van der Waals surface area contributed by atoms with E-state index in [1.54, 1.807) is 6.20 Å². The standard InChI is InChI=1S/C12H17N3OS/c1-12(2)8-15(6-7-16-12)9-4-3-5-14-10(9)11(13)17/h3-5H,6-8H2,1-2H3,(H2,13,17). The van der Waals surface area contributed by atoms with Gasteiger partial charge in [-0.15, -0.1) is 0 Å². The molecule has 1 saturated heterocycles. The molecule has 2 N–H and O–H groups in total. The Morgan fingerprint density at radius 2 is 2.35 bits per heavy atom. The molecule has 1 aromatic rings. The Kier molecular flexibility index (Phi) is 3.31. The van der Waals surface area contributed by atoms with Gasteiger partial charge in [0.05, 0.1) is 17.9 Å². The third kappa shape index (κ3) is 2.73. The molecule has 2 rings (SSSR count). The number of ether oxygens (including phenoxy) is 1. The van der Waals surface area contributed by atoms with Crippen LogP contribution in [0.5, 0.6) is 0 Å². The van der Waals surface area contributed by atoms with E-state index in [-0.39, 0.29) is 5.60 Å². The zero-order valence-electron chi connectivity index (χ0n) is 10.1. The minimum absolute atomic E-state index is 0.151. The first-order valence-electron chi connectivity index (χ1n) is 5.63. The highest BCUT2D eigenvalue weighted by atomic mass is 32.1. The van der Waals surface area contributed by atoms with Crippen LogP contribution in [0.4, 0.5) is 5.69 Å². The van der Waals surface area contributed by atoms with Crippen molar-refractivity contribution in [3.8, 4) is 0 Å². The van der Waals surface area contributed by atoms with Gasteiger partial charge in [0.2, 0.25) is 0 Å². The lowest BCUT2D eigenvalue weighted by Crippen LogP contribution is -2.49. The maximum absolute atomic E-state index is 5.70. The van der Waals surface area contributed by atoms with E-state index < -0.39 is 0 Å². The first kappa shape index (κ1) is 12.3. The third-order valence-corrected chi connectivity index (χ3v) is 2.98. The average molecular weight is 251 g/mol. The Labute approximate surface area is 107 Å². The van der Waals surface area contributed by atoms with Crippen molar-refractivity contribution in [3.63, 3.8) is 0 Å². The zero-order valence-corrected chi connectivity index (χ0v) is 11.0. The zero-order chi connectivity index (χ0) is 12.5. The lowest BCUT2D eigenvalue weighted by atomic mass is 10.1. The Morgan fingerprint density at radius 1 is 1.59 bits per heavy atom. The van der Waals surface area contributed by atoms with E-state index in [2.05, 4.69) is 23.7 Å². The molecule has 4 nitrogen and oxygen atoms in total. The van der Waals surface area contributed by atoms with Crippen LogP contribution in [0.15, 0.2) is 18.3 Å². The number of thiocarbonyl (C=S) groups is 1. The number of hydrogen-bond acceptors (Lipinski definition) is 4. The summed E-state index contributed by atoms with van der Waals surface area (Å²) in [5.74, 6) is 0. The maximum Gasteiger partial charge on any atom is 0.124 e. The fourth-order valence-electron chi connectivity index (χ4n) is 2.06.